The Morgan fingerprint density at radius 2 is 2.12 bits per heavy atom. The second-order valence-corrected chi connectivity index (χ2v) is 8.55. The molecule has 1 heterocycles. The molecule has 0 bridgehead atoms. The van der Waals surface area contributed by atoms with Crippen LogP contribution in [-0.4, -0.2) is 61.0 Å². The molecule has 0 saturated carbocycles. The lowest BCUT2D eigenvalue weighted by Gasteiger charge is -2.27. The van der Waals surface area contributed by atoms with Crippen LogP contribution in [0.5, 0.6) is 5.75 Å². The quantitative estimate of drug-likeness (QED) is 0.742. The number of hydrogen-bond donors (Lipinski definition) is 1. The molecule has 0 radical (unpaired) electrons. The molecule has 1 saturated heterocycles. The van der Waals surface area contributed by atoms with Gasteiger partial charge >= 0.3 is 5.97 Å². The van der Waals surface area contributed by atoms with Gasteiger partial charge in [0.25, 0.3) is 5.91 Å². The molecule has 2 rings (SSSR count). The lowest BCUT2D eigenvalue weighted by atomic mass is 10.2. The van der Waals surface area contributed by atoms with Gasteiger partial charge in [-0.15, -0.1) is 0 Å². The monoisotopic (exact) mass is 389 g/mol. The van der Waals surface area contributed by atoms with Gasteiger partial charge in [0.2, 0.25) is 0 Å². The maximum atomic E-state index is 12.4. The molecular weight excluding hydrogens is 370 g/mol. The minimum atomic E-state index is -3.12. The highest BCUT2D eigenvalue weighted by Gasteiger charge is 2.34. The van der Waals surface area contributed by atoms with E-state index in [9.17, 15) is 23.1 Å². The lowest BCUT2D eigenvalue weighted by molar-refractivity contribution is -0.136. The van der Waals surface area contributed by atoms with Gasteiger partial charge in [-0.1, -0.05) is 18.5 Å². The molecular formula is C16H20ClNO6S. The maximum Gasteiger partial charge on any atom is 0.342 e. The van der Waals surface area contributed by atoms with Gasteiger partial charge in [-0.25, -0.2) is 13.2 Å². The summed E-state index contributed by atoms with van der Waals surface area (Å²) in [6, 6.07) is 3.54. The van der Waals surface area contributed by atoms with E-state index < -0.39 is 28.3 Å². The number of amides is 1. The van der Waals surface area contributed by atoms with Crippen molar-refractivity contribution in [2.24, 2.45) is 0 Å². The fourth-order valence-corrected chi connectivity index (χ4v) is 4.64. The number of aromatic hydroxyl groups is 1. The van der Waals surface area contributed by atoms with E-state index in [1.54, 1.807) is 0 Å². The Morgan fingerprint density at radius 1 is 1.40 bits per heavy atom. The van der Waals surface area contributed by atoms with Crippen molar-refractivity contribution < 1.29 is 27.9 Å². The molecule has 0 unspecified atom stereocenters. The molecule has 1 aromatic rings. The van der Waals surface area contributed by atoms with E-state index in [0.29, 0.717) is 19.4 Å². The van der Waals surface area contributed by atoms with E-state index in [1.807, 2.05) is 6.92 Å². The third-order valence-corrected chi connectivity index (χ3v) is 5.93. The summed E-state index contributed by atoms with van der Waals surface area (Å²) in [4.78, 5) is 25.8. The molecule has 9 heteroatoms. The molecule has 138 valence electrons. The summed E-state index contributed by atoms with van der Waals surface area (Å²) in [5.41, 5.74) is -0.0947. The van der Waals surface area contributed by atoms with E-state index in [-0.39, 0.29) is 33.9 Å². The zero-order valence-electron chi connectivity index (χ0n) is 13.8. The number of sulfone groups is 1. The predicted octanol–water partition coefficient (Wildman–Crippen LogP) is 1.63. The average molecular weight is 390 g/mol. The molecule has 1 aromatic carbocycles. The minimum absolute atomic E-state index is 0.0591. The molecule has 0 aromatic heterocycles. The van der Waals surface area contributed by atoms with Gasteiger partial charge in [-0.05, 0) is 31.0 Å². The van der Waals surface area contributed by atoms with Gasteiger partial charge in [-0.3, -0.25) is 4.79 Å². The van der Waals surface area contributed by atoms with Crippen LogP contribution in [-0.2, 0) is 19.4 Å². The first-order chi connectivity index (χ1) is 11.7. The van der Waals surface area contributed by atoms with Crippen LogP contribution in [0, 0.1) is 0 Å². The van der Waals surface area contributed by atoms with Gasteiger partial charge in [0.15, 0.2) is 16.4 Å². The SMILES string of the molecule is CCCN(C(=O)COC(=O)c1ccc(Cl)cc1O)[C@@H]1CCS(=O)(=O)C1. The number of benzene rings is 1. The zero-order valence-corrected chi connectivity index (χ0v) is 15.3. The molecule has 1 fully saturated rings. The lowest BCUT2D eigenvalue weighted by Crippen LogP contribution is -2.43. The number of halogens is 1. The number of esters is 1. The third kappa shape index (κ3) is 5.09. The topological polar surface area (TPSA) is 101 Å². The highest BCUT2D eigenvalue weighted by Crippen LogP contribution is 2.23. The maximum absolute atomic E-state index is 12.4. The van der Waals surface area contributed by atoms with E-state index in [1.165, 1.54) is 23.1 Å². The van der Waals surface area contributed by atoms with Gasteiger partial charge in [0.05, 0.1) is 11.5 Å². The highest BCUT2D eigenvalue weighted by atomic mass is 35.5. The van der Waals surface area contributed by atoms with Crippen molar-refractivity contribution in [1.82, 2.24) is 4.90 Å². The van der Waals surface area contributed by atoms with Crippen molar-refractivity contribution in [2.45, 2.75) is 25.8 Å². The van der Waals surface area contributed by atoms with Gasteiger partial charge < -0.3 is 14.7 Å². The number of hydrogen-bond acceptors (Lipinski definition) is 6. The van der Waals surface area contributed by atoms with Crippen LogP contribution in [0.15, 0.2) is 18.2 Å². The van der Waals surface area contributed by atoms with Crippen molar-refractivity contribution in [2.75, 3.05) is 24.7 Å². The molecule has 1 aliphatic rings. The van der Waals surface area contributed by atoms with Crippen LogP contribution in [0.2, 0.25) is 5.02 Å². The summed E-state index contributed by atoms with van der Waals surface area (Å²) in [5, 5.41) is 9.97. The Labute approximate surface area is 151 Å². The largest absolute Gasteiger partial charge is 0.507 e. The minimum Gasteiger partial charge on any atom is -0.507 e. The Hall–Kier alpha value is -1.80. The molecule has 25 heavy (non-hydrogen) atoms. The van der Waals surface area contributed by atoms with Gasteiger partial charge in [0, 0.05) is 17.6 Å². The third-order valence-electron chi connectivity index (χ3n) is 3.94. The van der Waals surface area contributed by atoms with Crippen molar-refractivity contribution in [3.63, 3.8) is 0 Å². The Bertz CT molecular complexity index is 764. The number of carbonyl (C=O) groups excluding carboxylic acids is 2. The Morgan fingerprint density at radius 3 is 2.68 bits per heavy atom. The van der Waals surface area contributed by atoms with Crippen molar-refractivity contribution in [3.8, 4) is 5.75 Å². The first kappa shape index (κ1) is 19.5. The van der Waals surface area contributed by atoms with Crippen LogP contribution in [0.1, 0.15) is 30.1 Å². The molecule has 0 spiro atoms. The van der Waals surface area contributed by atoms with Gasteiger partial charge in [-0.2, -0.15) is 0 Å². The number of phenols is 1. The van der Waals surface area contributed by atoms with E-state index >= 15 is 0 Å². The average Bonchev–Trinajstić information content (AvgIpc) is 2.89. The van der Waals surface area contributed by atoms with Crippen LogP contribution in [0.4, 0.5) is 0 Å². The molecule has 1 N–H and O–H groups in total. The fraction of sp³-hybridized carbons (Fsp3) is 0.500. The molecule has 0 aliphatic carbocycles. The summed E-state index contributed by atoms with van der Waals surface area (Å²) < 4.78 is 28.2. The first-order valence-corrected chi connectivity index (χ1v) is 10.1. The van der Waals surface area contributed by atoms with E-state index in [4.69, 9.17) is 16.3 Å². The van der Waals surface area contributed by atoms with Crippen molar-refractivity contribution in [3.05, 3.63) is 28.8 Å². The second-order valence-electron chi connectivity index (χ2n) is 5.88. The smallest absolute Gasteiger partial charge is 0.342 e. The first-order valence-electron chi connectivity index (χ1n) is 7.89. The van der Waals surface area contributed by atoms with E-state index in [2.05, 4.69) is 0 Å². The fourth-order valence-electron chi connectivity index (χ4n) is 2.74. The normalized spacial score (nSPS) is 18.7. The summed E-state index contributed by atoms with van der Waals surface area (Å²) >= 11 is 5.70. The summed E-state index contributed by atoms with van der Waals surface area (Å²) in [7, 11) is -3.12. The summed E-state index contributed by atoms with van der Waals surface area (Å²) in [5.74, 6) is -1.64. The number of rotatable bonds is 6. The molecule has 7 nitrogen and oxygen atoms in total. The van der Waals surface area contributed by atoms with Crippen molar-refractivity contribution >= 4 is 33.3 Å². The Kier molecular flexibility index (Phi) is 6.29. The number of carbonyl (C=O) groups is 2. The highest BCUT2D eigenvalue weighted by molar-refractivity contribution is 7.91. The van der Waals surface area contributed by atoms with Crippen LogP contribution < -0.4 is 0 Å². The summed E-state index contributed by atoms with van der Waals surface area (Å²) in [6.45, 7) is 1.75. The molecule has 1 amide bonds. The van der Waals surface area contributed by atoms with Crippen LogP contribution in [0.3, 0.4) is 0 Å². The number of nitrogens with zero attached hydrogens (tertiary/aromatic N) is 1. The molecule has 1 aliphatic heterocycles. The van der Waals surface area contributed by atoms with Crippen molar-refractivity contribution in [1.29, 1.82) is 0 Å². The second kappa shape index (κ2) is 8.05. The number of phenolic OH excluding ortho intramolecular Hbond substituents is 1. The molecule has 1 atom stereocenters. The summed E-state index contributed by atoms with van der Waals surface area (Å²) in [6.07, 6.45) is 1.05. The number of ether oxygens (including phenoxy) is 1. The van der Waals surface area contributed by atoms with E-state index in [0.717, 1.165) is 0 Å². The van der Waals surface area contributed by atoms with Gasteiger partial charge in [0.1, 0.15) is 11.3 Å². The zero-order chi connectivity index (χ0) is 18.6. The van der Waals surface area contributed by atoms with Crippen LogP contribution >= 0.6 is 11.6 Å². The Balaban J connectivity index is 2.00. The van der Waals surface area contributed by atoms with Crippen LogP contribution in [0.25, 0.3) is 0 Å². The standard InChI is InChI=1S/C16H20ClNO6S/c1-2-6-18(12-5-7-25(22,23)10-12)15(20)9-24-16(21)13-4-3-11(17)8-14(13)19/h3-4,8,12,19H,2,5-7,9-10H2,1H3/t12-/m1/s1. The predicted molar refractivity (Wildman–Crippen MR) is 92.5 cm³/mol.